The number of anilines is 1. The van der Waals surface area contributed by atoms with Crippen LogP contribution in [0.15, 0.2) is 36.4 Å². The second kappa shape index (κ2) is 6.21. The molecule has 0 saturated heterocycles. The fourth-order valence-corrected chi connectivity index (χ4v) is 3.08. The van der Waals surface area contributed by atoms with Crippen molar-refractivity contribution in [2.24, 2.45) is 0 Å². The maximum atomic E-state index is 12.5. The second-order valence-electron chi connectivity index (χ2n) is 6.20. The Morgan fingerprint density at radius 1 is 1.15 bits per heavy atom. The molecule has 1 fully saturated rings. The van der Waals surface area contributed by atoms with Crippen LogP contribution in [0.25, 0.3) is 10.9 Å². The van der Waals surface area contributed by atoms with Gasteiger partial charge in [-0.1, -0.05) is 30.3 Å². The number of H-pyrrole nitrogens is 1. The lowest BCUT2D eigenvalue weighted by atomic mass is 10.1. The number of fused-ring (bicyclic) bond motifs is 1. The summed E-state index contributed by atoms with van der Waals surface area (Å²) in [5.74, 6) is 1.08. The van der Waals surface area contributed by atoms with Crippen LogP contribution < -0.4 is 20.1 Å². The molecule has 8 heteroatoms. The zero-order chi connectivity index (χ0) is 18.1. The van der Waals surface area contributed by atoms with Gasteiger partial charge in [-0.25, -0.2) is 4.79 Å². The Kier molecular flexibility index (Phi) is 3.87. The highest BCUT2D eigenvalue weighted by Crippen LogP contribution is 2.45. The maximum absolute atomic E-state index is 12.5. The molecule has 0 aliphatic heterocycles. The zero-order valence-corrected chi connectivity index (χ0v) is 14.5. The van der Waals surface area contributed by atoms with Gasteiger partial charge in [0.2, 0.25) is 11.8 Å². The lowest BCUT2D eigenvalue weighted by Gasteiger charge is -2.18. The first-order chi connectivity index (χ1) is 12.6. The summed E-state index contributed by atoms with van der Waals surface area (Å²) in [6.07, 6.45) is 1.83. The minimum atomic E-state index is -0.313. The molecule has 26 heavy (non-hydrogen) atoms. The Labute approximate surface area is 149 Å². The van der Waals surface area contributed by atoms with Crippen molar-refractivity contribution < 1.29 is 14.3 Å². The van der Waals surface area contributed by atoms with Crippen molar-refractivity contribution >= 4 is 22.8 Å². The number of rotatable bonds is 5. The highest BCUT2D eigenvalue weighted by Gasteiger charge is 2.45. The van der Waals surface area contributed by atoms with Gasteiger partial charge in [-0.2, -0.15) is 4.98 Å². The number of amides is 2. The van der Waals surface area contributed by atoms with Crippen molar-refractivity contribution in [1.29, 1.82) is 0 Å². The van der Waals surface area contributed by atoms with Gasteiger partial charge < -0.3 is 14.8 Å². The first kappa shape index (κ1) is 16.2. The first-order valence-electron chi connectivity index (χ1n) is 8.27. The normalized spacial score (nSPS) is 14.7. The number of aromatic amines is 1. The second-order valence-corrected chi connectivity index (χ2v) is 6.20. The van der Waals surface area contributed by atoms with E-state index in [1.54, 1.807) is 6.07 Å². The van der Waals surface area contributed by atoms with Gasteiger partial charge in [0.1, 0.15) is 11.2 Å². The maximum Gasteiger partial charge on any atom is 0.321 e. The lowest BCUT2D eigenvalue weighted by molar-refractivity contribution is 0.247. The smallest absolute Gasteiger partial charge is 0.321 e. The molecular formula is C18H19N5O3. The average molecular weight is 353 g/mol. The third kappa shape index (κ3) is 2.79. The Hall–Kier alpha value is -3.29. The predicted molar refractivity (Wildman–Crippen MR) is 96.5 cm³/mol. The van der Waals surface area contributed by atoms with Crippen LogP contribution in [0.2, 0.25) is 0 Å². The number of ether oxygens (including phenoxy) is 2. The number of nitrogens with one attached hydrogen (secondary N) is 3. The number of benzene rings is 1. The molecule has 1 aliphatic carbocycles. The number of aromatic nitrogens is 3. The van der Waals surface area contributed by atoms with Crippen molar-refractivity contribution in [1.82, 2.24) is 20.5 Å². The summed E-state index contributed by atoms with van der Waals surface area (Å²) < 4.78 is 10.5. The topological polar surface area (TPSA) is 101 Å². The van der Waals surface area contributed by atoms with E-state index in [1.165, 1.54) is 14.2 Å². The van der Waals surface area contributed by atoms with Crippen LogP contribution in [-0.2, 0) is 5.54 Å². The summed E-state index contributed by atoms with van der Waals surface area (Å²) in [4.78, 5) is 16.8. The average Bonchev–Trinajstić information content (AvgIpc) is 3.32. The Morgan fingerprint density at radius 3 is 2.54 bits per heavy atom. The minimum Gasteiger partial charge on any atom is -0.480 e. The molecule has 1 aromatic carbocycles. The lowest BCUT2D eigenvalue weighted by Crippen LogP contribution is -2.38. The summed E-state index contributed by atoms with van der Waals surface area (Å²) in [7, 11) is 3.03. The van der Waals surface area contributed by atoms with Crippen molar-refractivity contribution in [2.45, 2.75) is 18.4 Å². The molecule has 0 atom stereocenters. The molecule has 0 spiro atoms. The summed E-state index contributed by atoms with van der Waals surface area (Å²) in [6, 6.07) is 11.3. The molecule has 134 valence electrons. The van der Waals surface area contributed by atoms with Crippen molar-refractivity contribution in [3.63, 3.8) is 0 Å². The minimum absolute atomic E-state index is 0.295. The molecular weight excluding hydrogens is 334 g/mol. The van der Waals surface area contributed by atoms with Gasteiger partial charge in [0.05, 0.1) is 25.3 Å². The van der Waals surface area contributed by atoms with Gasteiger partial charge in [0.25, 0.3) is 0 Å². The van der Waals surface area contributed by atoms with E-state index >= 15 is 0 Å². The molecule has 0 radical (unpaired) electrons. The highest BCUT2D eigenvalue weighted by atomic mass is 16.5. The van der Waals surface area contributed by atoms with E-state index in [0.717, 1.165) is 18.4 Å². The number of hydrogen-bond acceptors (Lipinski definition) is 5. The van der Waals surface area contributed by atoms with Crippen LogP contribution in [0, 0.1) is 0 Å². The number of carbonyl (C=O) groups is 1. The molecule has 2 amide bonds. The fraction of sp³-hybridized carbons (Fsp3) is 0.278. The third-order valence-corrected chi connectivity index (χ3v) is 4.54. The molecule has 2 heterocycles. The fourth-order valence-electron chi connectivity index (χ4n) is 3.08. The van der Waals surface area contributed by atoms with Crippen LogP contribution in [0.3, 0.4) is 0 Å². The van der Waals surface area contributed by atoms with E-state index in [-0.39, 0.29) is 11.6 Å². The van der Waals surface area contributed by atoms with Crippen molar-refractivity contribution in [3.05, 3.63) is 42.0 Å². The summed E-state index contributed by atoms with van der Waals surface area (Å²) in [5, 5.41) is 13.4. The number of pyridine rings is 1. The number of methoxy groups -OCH3 is 2. The van der Waals surface area contributed by atoms with Crippen LogP contribution >= 0.6 is 0 Å². The number of nitrogens with zero attached hydrogens (tertiary/aromatic N) is 2. The van der Waals surface area contributed by atoms with E-state index in [9.17, 15) is 4.79 Å². The molecule has 8 nitrogen and oxygen atoms in total. The quantitative estimate of drug-likeness (QED) is 0.655. The van der Waals surface area contributed by atoms with Gasteiger partial charge in [0.15, 0.2) is 0 Å². The molecule has 3 aromatic rings. The molecule has 3 N–H and O–H groups in total. The number of urea groups is 1. The number of hydrogen-bond donors (Lipinski definition) is 3. The van der Waals surface area contributed by atoms with Gasteiger partial charge in [-0.05, 0) is 18.4 Å². The van der Waals surface area contributed by atoms with Crippen molar-refractivity contribution in [2.75, 3.05) is 19.5 Å². The Morgan fingerprint density at radius 2 is 1.88 bits per heavy atom. The number of carbonyl (C=O) groups excluding carboxylic acids is 1. The van der Waals surface area contributed by atoms with E-state index in [4.69, 9.17) is 9.47 Å². The molecule has 0 bridgehead atoms. The third-order valence-electron chi connectivity index (χ3n) is 4.54. The van der Waals surface area contributed by atoms with Crippen molar-refractivity contribution in [3.8, 4) is 11.8 Å². The molecule has 1 aliphatic rings. The van der Waals surface area contributed by atoms with Gasteiger partial charge in [-0.3, -0.25) is 10.4 Å². The summed E-state index contributed by atoms with van der Waals surface area (Å²) >= 11 is 0. The van der Waals surface area contributed by atoms with Crippen LogP contribution in [-0.4, -0.2) is 35.4 Å². The predicted octanol–water partition coefficient (Wildman–Crippen LogP) is 2.79. The summed E-state index contributed by atoms with van der Waals surface area (Å²) in [5.41, 5.74) is 1.47. The van der Waals surface area contributed by atoms with Gasteiger partial charge >= 0.3 is 6.03 Å². The first-order valence-corrected chi connectivity index (χ1v) is 8.27. The monoisotopic (exact) mass is 353 g/mol. The van der Waals surface area contributed by atoms with Gasteiger partial charge in [-0.15, -0.1) is 5.10 Å². The molecule has 4 rings (SSSR count). The molecule has 2 aromatic heterocycles. The largest absolute Gasteiger partial charge is 0.480 e. The SMILES string of the molecule is COc1n[nH]c2cc(NC(=O)NC3(c4ccccc4)CC3)nc(OC)c12. The van der Waals surface area contributed by atoms with Crippen LogP contribution in [0.5, 0.6) is 11.8 Å². The zero-order valence-electron chi connectivity index (χ0n) is 14.5. The Balaban J connectivity index is 1.55. The standard InChI is InChI=1S/C18H19N5O3/c1-25-15-14-12(22-23-16(14)26-2)10-13(19-15)20-17(24)21-18(8-9-18)11-6-4-3-5-7-11/h3-7,10H,8-9H2,1-2H3,(H,22,23)(H2,19,20,21,24). The molecule has 0 unspecified atom stereocenters. The van der Waals surface area contributed by atoms with E-state index in [2.05, 4.69) is 25.8 Å². The van der Waals surface area contributed by atoms with E-state index < -0.39 is 0 Å². The molecule has 1 saturated carbocycles. The van der Waals surface area contributed by atoms with Crippen LogP contribution in [0.4, 0.5) is 10.6 Å². The Bertz CT molecular complexity index is 950. The van der Waals surface area contributed by atoms with Gasteiger partial charge in [0, 0.05) is 6.07 Å². The van der Waals surface area contributed by atoms with Crippen LogP contribution in [0.1, 0.15) is 18.4 Å². The van der Waals surface area contributed by atoms with E-state index in [0.29, 0.717) is 28.5 Å². The van der Waals surface area contributed by atoms with E-state index in [1.807, 2.05) is 30.3 Å². The highest BCUT2D eigenvalue weighted by molar-refractivity contribution is 5.95. The summed E-state index contributed by atoms with van der Waals surface area (Å²) in [6.45, 7) is 0.